The maximum atomic E-state index is 13.5. The van der Waals surface area contributed by atoms with Crippen molar-refractivity contribution in [2.45, 2.75) is 26.4 Å². The number of halogens is 2. The summed E-state index contributed by atoms with van der Waals surface area (Å²) in [6.45, 7) is 3.19. The van der Waals surface area contributed by atoms with Crippen LogP contribution in [0.4, 0.5) is 15.9 Å². The maximum absolute atomic E-state index is 13.5. The summed E-state index contributed by atoms with van der Waals surface area (Å²) in [6, 6.07) is 13.8. The van der Waals surface area contributed by atoms with Crippen LogP contribution in [-0.4, -0.2) is 52.9 Å². The molecule has 224 valence electrons. The number of rotatable bonds is 14. The average Bonchev–Trinajstić information content (AvgIpc) is 3.45. The number of benzene rings is 2. The molecular weight excluding hydrogens is 655 g/mol. The van der Waals surface area contributed by atoms with Crippen molar-refractivity contribution >= 4 is 59.5 Å². The molecule has 2 N–H and O–H groups in total. The third kappa shape index (κ3) is 8.53. The van der Waals surface area contributed by atoms with Crippen LogP contribution >= 0.6 is 27.3 Å². The van der Waals surface area contributed by atoms with E-state index in [-0.39, 0.29) is 23.9 Å². The second kappa shape index (κ2) is 14.3. The summed E-state index contributed by atoms with van der Waals surface area (Å²) in [6.07, 6.45) is 4.52. The number of ether oxygens (including phenoxy) is 1. The Morgan fingerprint density at radius 1 is 1.02 bits per heavy atom. The number of anilines is 2. The van der Waals surface area contributed by atoms with Gasteiger partial charge in [-0.3, -0.25) is 4.98 Å². The van der Waals surface area contributed by atoms with E-state index in [0.717, 1.165) is 31.8 Å². The first kappa shape index (κ1) is 30.9. The van der Waals surface area contributed by atoms with Gasteiger partial charge in [-0.25, -0.2) is 27.8 Å². The van der Waals surface area contributed by atoms with Crippen LogP contribution in [0.15, 0.2) is 70.9 Å². The van der Waals surface area contributed by atoms with E-state index in [9.17, 15) is 12.8 Å². The number of fused-ring (bicyclic) bond motifs is 1. The van der Waals surface area contributed by atoms with E-state index in [4.69, 9.17) is 9.72 Å². The van der Waals surface area contributed by atoms with Crippen molar-refractivity contribution < 1.29 is 17.5 Å². The molecule has 13 heteroatoms. The lowest BCUT2D eigenvalue weighted by Crippen LogP contribution is -2.26. The lowest BCUT2D eigenvalue weighted by Gasteiger charge is -2.12. The van der Waals surface area contributed by atoms with E-state index in [1.807, 2.05) is 42.6 Å². The zero-order valence-electron chi connectivity index (χ0n) is 23.4. The molecule has 0 atom stereocenters. The summed E-state index contributed by atoms with van der Waals surface area (Å²) in [4.78, 5) is 18.1. The van der Waals surface area contributed by atoms with Gasteiger partial charge in [0.25, 0.3) is 0 Å². The minimum atomic E-state index is -2.99. The van der Waals surface area contributed by atoms with Crippen LogP contribution in [0.3, 0.4) is 0 Å². The Kier molecular flexibility index (Phi) is 10.3. The number of nitrogens with zero attached hydrogens (tertiary/aromatic N) is 4. The van der Waals surface area contributed by atoms with Gasteiger partial charge in [0, 0.05) is 41.7 Å². The first-order valence-corrected chi connectivity index (χ1v) is 17.2. The van der Waals surface area contributed by atoms with Crippen LogP contribution in [0, 0.1) is 5.82 Å². The lowest BCUT2D eigenvalue weighted by atomic mass is 10.2. The van der Waals surface area contributed by atoms with Crippen molar-refractivity contribution in [1.29, 1.82) is 0 Å². The van der Waals surface area contributed by atoms with Gasteiger partial charge in [-0.05, 0) is 64.3 Å². The standard InChI is InChI=1S/C30H30BrFN6O3S2/c1-2-11-43(39,40)12-10-33-9-8-29-38-27(18-42-29)25-15-23-26(16-34-25)35-19-36-30(23)37-22-6-7-28(24(31)14-22)41-17-20-4-3-5-21(32)13-20/h3-7,13-16,18-19,33H,2,8-12,17H2,1H3,(H,35,36,37). The molecule has 43 heavy (non-hydrogen) atoms. The minimum absolute atomic E-state index is 0.148. The number of thiazole rings is 1. The van der Waals surface area contributed by atoms with E-state index >= 15 is 0 Å². The van der Waals surface area contributed by atoms with Crippen LogP contribution in [0.2, 0.25) is 0 Å². The van der Waals surface area contributed by atoms with Gasteiger partial charge in [-0.1, -0.05) is 19.1 Å². The number of hydrogen-bond acceptors (Lipinski definition) is 10. The summed E-state index contributed by atoms with van der Waals surface area (Å²) in [7, 11) is -2.99. The predicted molar refractivity (Wildman–Crippen MR) is 172 cm³/mol. The monoisotopic (exact) mass is 684 g/mol. The van der Waals surface area contributed by atoms with Crippen molar-refractivity contribution in [2.75, 3.05) is 29.9 Å². The highest BCUT2D eigenvalue weighted by Crippen LogP contribution is 2.32. The first-order chi connectivity index (χ1) is 20.8. The number of pyridine rings is 1. The molecule has 0 bridgehead atoms. The number of hydrogen-bond donors (Lipinski definition) is 2. The van der Waals surface area contributed by atoms with E-state index in [2.05, 4.69) is 41.5 Å². The van der Waals surface area contributed by atoms with Crippen molar-refractivity contribution in [3.05, 3.63) is 87.3 Å². The molecule has 2 aromatic carbocycles. The van der Waals surface area contributed by atoms with Gasteiger partial charge in [-0.15, -0.1) is 11.3 Å². The molecule has 0 fully saturated rings. The third-order valence-electron chi connectivity index (χ3n) is 6.43. The predicted octanol–water partition coefficient (Wildman–Crippen LogP) is 6.33. The molecule has 0 aliphatic carbocycles. The molecular formula is C30H30BrFN6O3S2. The molecule has 0 unspecified atom stereocenters. The van der Waals surface area contributed by atoms with Gasteiger partial charge in [0.05, 0.1) is 38.3 Å². The highest BCUT2D eigenvalue weighted by atomic mass is 79.9. The molecule has 3 aromatic heterocycles. The van der Waals surface area contributed by atoms with Crippen LogP contribution < -0.4 is 15.4 Å². The van der Waals surface area contributed by atoms with Gasteiger partial charge in [0.2, 0.25) is 0 Å². The van der Waals surface area contributed by atoms with Crippen LogP contribution in [0.5, 0.6) is 5.75 Å². The van der Waals surface area contributed by atoms with Crippen LogP contribution in [-0.2, 0) is 22.9 Å². The minimum Gasteiger partial charge on any atom is -0.488 e. The second-order valence-corrected chi connectivity index (χ2v) is 13.9. The summed E-state index contributed by atoms with van der Waals surface area (Å²) < 4.78 is 43.8. The van der Waals surface area contributed by atoms with Gasteiger partial charge < -0.3 is 15.4 Å². The molecule has 0 spiro atoms. The number of nitrogens with one attached hydrogen (secondary N) is 2. The Labute approximate surface area is 262 Å². The lowest BCUT2D eigenvalue weighted by molar-refractivity contribution is 0.303. The van der Waals surface area contributed by atoms with Crippen molar-refractivity contribution in [1.82, 2.24) is 25.3 Å². The summed E-state index contributed by atoms with van der Waals surface area (Å²) in [5.74, 6) is 1.32. The van der Waals surface area contributed by atoms with Gasteiger partial charge >= 0.3 is 0 Å². The van der Waals surface area contributed by atoms with Gasteiger partial charge in [0.15, 0.2) is 9.84 Å². The normalized spacial score (nSPS) is 11.6. The zero-order chi connectivity index (χ0) is 30.2. The number of aromatic nitrogens is 4. The van der Waals surface area contributed by atoms with Crippen molar-refractivity contribution in [3.8, 4) is 17.1 Å². The Balaban J connectivity index is 1.23. The fraction of sp³-hybridized carbons (Fsp3) is 0.267. The highest BCUT2D eigenvalue weighted by Gasteiger charge is 2.13. The fourth-order valence-corrected chi connectivity index (χ4v) is 6.89. The molecule has 9 nitrogen and oxygen atoms in total. The summed E-state index contributed by atoms with van der Waals surface area (Å²) >= 11 is 5.11. The van der Waals surface area contributed by atoms with Gasteiger partial charge in [0.1, 0.15) is 30.3 Å². The molecule has 5 aromatic rings. The summed E-state index contributed by atoms with van der Waals surface area (Å²) in [5.41, 5.74) is 3.67. The number of sulfone groups is 1. The van der Waals surface area contributed by atoms with E-state index in [1.54, 1.807) is 23.6 Å². The maximum Gasteiger partial charge on any atom is 0.151 e. The van der Waals surface area contributed by atoms with Crippen molar-refractivity contribution in [2.24, 2.45) is 0 Å². The second-order valence-electron chi connectivity index (χ2n) is 9.78. The Morgan fingerprint density at radius 2 is 1.91 bits per heavy atom. The molecule has 0 saturated carbocycles. The smallest absolute Gasteiger partial charge is 0.151 e. The van der Waals surface area contributed by atoms with E-state index < -0.39 is 9.84 Å². The topological polar surface area (TPSA) is 119 Å². The Bertz CT molecular complexity index is 1820. The quantitative estimate of drug-likeness (QED) is 0.129. The van der Waals surface area contributed by atoms with Crippen LogP contribution in [0.1, 0.15) is 23.9 Å². The Morgan fingerprint density at radius 3 is 2.72 bits per heavy atom. The molecule has 3 heterocycles. The van der Waals surface area contributed by atoms with E-state index in [0.29, 0.717) is 48.7 Å². The highest BCUT2D eigenvalue weighted by molar-refractivity contribution is 9.10. The zero-order valence-corrected chi connectivity index (χ0v) is 26.6. The largest absolute Gasteiger partial charge is 0.488 e. The van der Waals surface area contributed by atoms with Crippen molar-refractivity contribution in [3.63, 3.8) is 0 Å². The first-order valence-electron chi connectivity index (χ1n) is 13.7. The molecule has 0 saturated heterocycles. The molecule has 0 amide bonds. The SMILES string of the molecule is CCCS(=O)(=O)CCNCCc1nc(-c2cc3c(Nc4ccc(OCc5cccc(F)c5)c(Br)c4)ncnc3cn2)cs1. The molecule has 0 aliphatic heterocycles. The fourth-order valence-electron chi connectivity index (χ4n) is 4.32. The molecule has 5 rings (SSSR count). The van der Waals surface area contributed by atoms with Gasteiger partial charge in [-0.2, -0.15) is 0 Å². The average molecular weight is 686 g/mol. The third-order valence-corrected chi connectivity index (χ3v) is 9.82. The Hall–Kier alpha value is -3.52. The van der Waals surface area contributed by atoms with E-state index in [1.165, 1.54) is 18.5 Å². The summed E-state index contributed by atoms with van der Waals surface area (Å²) in [5, 5.41) is 10.2. The molecule has 0 aliphatic rings. The van der Waals surface area contributed by atoms with Crippen LogP contribution in [0.25, 0.3) is 22.3 Å². The molecule has 0 radical (unpaired) electrons.